The number of hydrogen-bond acceptors (Lipinski definition) is 3. The lowest BCUT2D eigenvalue weighted by Gasteiger charge is -2.23. The molecule has 1 amide bonds. The highest BCUT2D eigenvalue weighted by atomic mass is 32.2. The lowest BCUT2D eigenvalue weighted by Crippen LogP contribution is -2.35. The van der Waals surface area contributed by atoms with E-state index in [1.165, 1.54) is 0 Å². The molecule has 2 unspecified atom stereocenters. The van der Waals surface area contributed by atoms with E-state index in [-0.39, 0.29) is 10.00 Å². The maximum absolute atomic E-state index is 11.6. The van der Waals surface area contributed by atoms with Gasteiger partial charge in [0.1, 0.15) is 0 Å². The van der Waals surface area contributed by atoms with Crippen LogP contribution in [0.3, 0.4) is 0 Å². The minimum Gasteiger partial charge on any atom is -0.319 e. The molecule has 2 nitrogen and oxygen atoms in total. The van der Waals surface area contributed by atoms with Crippen molar-refractivity contribution in [3.8, 4) is 0 Å². The lowest BCUT2D eigenvalue weighted by molar-refractivity contribution is -0.128. The Hall–Kier alpha value is 0.170. The third kappa shape index (κ3) is 1.08. The summed E-state index contributed by atoms with van der Waals surface area (Å²) in [4.78, 5) is 13.6. The molecule has 0 aliphatic carbocycles. The summed E-state index contributed by atoms with van der Waals surface area (Å²) in [6.07, 6.45) is 0. The Morgan fingerprint density at radius 3 is 2.83 bits per heavy atom. The van der Waals surface area contributed by atoms with Crippen LogP contribution in [0.25, 0.3) is 0 Å². The molecule has 0 saturated carbocycles. The largest absolute Gasteiger partial charge is 0.319 e. The van der Waals surface area contributed by atoms with E-state index in [0.29, 0.717) is 11.3 Å². The fourth-order valence-corrected chi connectivity index (χ4v) is 4.43. The summed E-state index contributed by atoms with van der Waals surface area (Å²) in [7, 11) is 0. The van der Waals surface area contributed by atoms with E-state index in [0.717, 1.165) is 5.88 Å². The molecule has 0 bridgehead atoms. The summed E-state index contributed by atoms with van der Waals surface area (Å²) in [6, 6.07) is 0. The zero-order valence-corrected chi connectivity index (χ0v) is 9.17. The molecule has 2 aliphatic rings. The Morgan fingerprint density at radius 1 is 1.58 bits per heavy atom. The van der Waals surface area contributed by atoms with Gasteiger partial charge in [-0.3, -0.25) is 4.79 Å². The molecule has 2 saturated heterocycles. The van der Waals surface area contributed by atoms with Crippen molar-refractivity contribution in [1.29, 1.82) is 0 Å². The number of fused-ring (bicyclic) bond motifs is 1. The van der Waals surface area contributed by atoms with Crippen molar-refractivity contribution in [3.05, 3.63) is 0 Å². The molecule has 2 fully saturated rings. The van der Waals surface area contributed by atoms with Gasteiger partial charge < -0.3 is 4.90 Å². The molecule has 0 aromatic carbocycles. The standard InChI is InChI=1S/C8H13NOS2/c1-5-6(10)9-4-11-8(2,3)7(9)12-5/h5,7H,4H2,1-3H3. The summed E-state index contributed by atoms with van der Waals surface area (Å²) >= 11 is 3.69. The van der Waals surface area contributed by atoms with E-state index in [1.807, 2.05) is 23.6 Å². The third-order valence-electron chi connectivity index (χ3n) is 2.42. The van der Waals surface area contributed by atoms with Gasteiger partial charge in [-0.15, -0.1) is 23.5 Å². The van der Waals surface area contributed by atoms with E-state index in [2.05, 4.69) is 13.8 Å². The molecule has 0 spiro atoms. The van der Waals surface area contributed by atoms with Crippen LogP contribution in [0.2, 0.25) is 0 Å². The number of carbonyl (C=O) groups is 1. The molecule has 2 heterocycles. The molecule has 0 aromatic heterocycles. The molecule has 12 heavy (non-hydrogen) atoms. The predicted molar refractivity (Wildman–Crippen MR) is 54.2 cm³/mol. The lowest BCUT2D eigenvalue weighted by atomic mass is 10.2. The van der Waals surface area contributed by atoms with Gasteiger partial charge in [0.05, 0.1) is 16.5 Å². The third-order valence-corrected chi connectivity index (χ3v) is 5.65. The molecule has 0 N–H and O–H groups in total. The first kappa shape index (κ1) is 8.75. The Labute approximate surface area is 81.4 Å². The predicted octanol–water partition coefficient (Wildman–Crippen LogP) is 1.76. The topological polar surface area (TPSA) is 20.3 Å². The normalized spacial score (nSPS) is 38.9. The summed E-state index contributed by atoms with van der Waals surface area (Å²) in [5, 5.41) is 0.583. The highest BCUT2D eigenvalue weighted by molar-refractivity contribution is 8.06. The average molecular weight is 203 g/mol. The van der Waals surface area contributed by atoms with Crippen LogP contribution in [0.4, 0.5) is 0 Å². The SMILES string of the molecule is CC1SC2N(CSC2(C)C)C1=O. The van der Waals surface area contributed by atoms with Gasteiger partial charge in [0, 0.05) is 4.75 Å². The number of carbonyl (C=O) groups excluding carboxylic acids is 1. The van der Waals surface area contributed by atoms with Gasteiger partial charge in [-0.25, -0.2) is 0 Å². The Kier molecular flexibility index (Phi) is 1.88. The Bertz CT molecular complexity index is 229. The van der Waals surface area contributed by atoms with Crippen LogP contribution in [0.1, 0.15) is 20.8 Å². The smallest absolute Gasteiger partial charge is 0.237 e. The average Bonchev–Trinajstić information content (AvgIpc) is 2.40. The van der Waals surface area contributed by atoms with Gasteiger partial charge >= 0.3 is 0 Å². The van der Waals surface area contributed by atoms with Crippen LogP contribution in [0.5, 0.6) is 0 Å². The highest BCUT2D eigenvalue weighted by Gasteiger charge is 2.50. The second kappa shape index (κ2) is 2.58. The summed E-state index contributed by atoms with van der Waals surface area (Å²) < 4.78 is 0.241. The van der Waals surface area contributed by atoms with Crippen LogP contribution >= 0.6 is 23.5 Å². The quantitative estimate of drug-likeness (QED) is 0.598. The fourth-order valence-electron chi connectivity index (χ4n) is 1.65. The van der Waals surface area contributed by atoms with Crippen molar-refractivity contribution in [2.45, 2.75) is 36.1 Å². The van der Waals surface area contributed by atoms with Crippen molar-refractivity contribution < 1.29 is 4.79 Å². The first-order valence-corrected chi connectivity index (χ1v) is 6.05. The number of nitrogens with zero attached hydrogens (tertiary/aromatic N) is 1. The van der Waals surface area contributed by atoms with E-state index in [1.54, 1.807) is 11.8 Å². The van der Waals surface area contributed by atoms with Crippen LogP contribution in [0, 0.1) is 0 Å². The van der Waals surface area contributed by atoms with Crippen LogP contribution in [-0.4, -0.2) is 32.1 Å². The molecule has 68 valence electrons. The first-order chi connectivity index (χ1) is 5.52. The molecule has 4 heteroatoms. The minimum atomic E-state index is 0.176. The molecule has 2 aliphatic heterocycles. The second-order valence-electron chi connectivity index (χ2n) is 3.82. The van der Waals surface area contributed by atoms with Crippen LogP contribution in [-0.2, 0) is 4.79 Å². The molecule has 2 atom stereocenters. The maximum Gasteiger partial charge on any atom is 0.237 e. The van der Waals surface area contributed by atoms with Gasteiger partial charge in [0.2, 0.25) is 5.91 Å². The van der Waals surface area contributed by atoms with Crippen molar-refractivity contribution in [2.75, 3.05) is 5.88 Å². The summed E-state index contributed by atoms with van der Waals surface area (Å²) in [6.45, 7) is 6.45. The zero-order chi connectivity index (χ0) is 8.93. The van der Waals surface area contributed by atoms with Crippen molar-refractivity contribution in [2.24, 2.45) is 0 Å². The number of thioether (sulfide) groups is 2. The first-order valence-electron chi connectivity index (χ1n) is 4.12. The van der Waals surface area contributed by atoms with E-state index >= 15 is 0 Å². The van der Waals surface area contributed by atoms with Gasteiger partial charge in [-0.2, -0.15) is 0 Å². The zero-order valence-electron chi connectivity index (χ0n) is 7.53. The van der Waals surface area contributed by atoms with Gasteiger partial charge in [-0.1, -0.05) is 0 Å². The van der Waals surface area contributed by atoms with Gasteiger partial charge in [0.25, 0.3) is 0 Å². The van der Waals surface area contributed by atoms with Crippen LogP contribution in [0.15, 0.2) is 0 Å². The van der Waals surface area contributed by atoms with Gasteiger partial charge in [0.15, 0.2) is 0 Å². The van der Waals surface area contributed by atoms with E-state index in [4.69, 9.17) is 0 Å². The molecule has 0 radical (unpaired) electrons. The van der Waals surface area contributed by atoms with Crippen molar-refractivity contribution in [1.82, 2.24) is 4.90 Å². The second-order valence-corrected chi connectivity index (χ2v) is 6.84. The minimum absolute atomic E-state index is 0.176. The summed E-state index contributed by atoms with van der Waals surface area (Å²) in [5.74, 6) is 1.21. The van der Waals surface area contributed by atoms with E-state index < -0.39 is 0 Å². The van der Waals surface area contributed by atoms with Crippen LogP contribution < -0.4 is 0 Å². The molecule has 2 rings (SSSR count). The molecular weight excluding hydrogens is 190 g/mol. The van der Waals surface area contributed by atoms with Crippen molar-refractivity contribution >= 4 is 29.4 Å². The Morgan fingerprint density at radius 2 is 2.25 bits per heavy atom. The fraction of sp³-hybridized carbons (Fsp3) is 0.875. The Balaban J connectivity index is 2.24. The maximum atomic E-state index is 11.6. The monoisotopic (exact) mass is 203 g/mol. The highest BCUT2D eigenvalue weighted by Crippen LogP contribution is 2.49. The van der Waals surface area contributed by atoms with E-state index in [9.17, 15) is 4.79 Å². The van der Waals surface area contributed by atoms with Crippen molar-refractivity contribution in [3.63, 3.8) is 0 Å². The number of rotatable bonds is 0. The van der Waals surface area contributed by atoms with Gasteiger partial charge in [-0.05, 0) is 20.8 Å². The number of hydrogen-bond donors (Lipinski definition) is 0. The summed E-state index contributed by atoms with van der Waals surface area (Å²) in [5.41, 5.74) is 0. The molecule has 0 aromatic rings. The molecular formula is C8H13NOS2. The number of amides is 1.